The fraction of sp³-hybridized carbons (Fsp3) is 0.348. The maximum Gasteiger partial charge on any atom is 0.254 e. The van der Waals surface area contributed by atoms with Crippen molar-refractivity contribution in [1.82, 2.24) is 19.2 Å². The maximum atomic E-state index is 13.8. The second kappa shape index (κ2) is 10.3. The van der Waals surface area contributed by atoms with Gasteiger partial charge in [-0.3, -0.25) is 9.59 Å². The predicted octanol–water partition coefficient (Wildman–Crippen LogP) is 2.67. The van der Waals surface area contributed by atoms with Crippen LogP contribution in [0.2, 0.25) is 0 Å². The Balaban J connectivity index is 1.75. The predicted molar refractivity (Wildman–Crippen MR) is 128 cm³/mol. The van der Waals surface area contributed by atoms with E-state index in [1.807, 2.05) is 4.57 Å². The molecule has 2 aromatic carbocycles. The van der Waals surface area contributed by atoms with Crippen molar-refractivity contribution in [2.45, 2.75) is 31.6 Å². The van der Waals surface area contributed by atoms with E-state index in [4.69, 9.17) is 0 Å². The smallest absolute Gasteiger partial charge is 0.254 e. The Labute approximate surface area is 198 Å². The number of nitrogens with one attached hydrogen (secondary N) is 2. The van der Waals surface area contributed by atoms with Crippen molar-refractivity contribution in [2.75, 3.05) is 25.5 Å². The van der Waals surface area contributed by atoms with Crippen molar-refractivity contribution in [3.63, 3.8) is 0 Å². The number of aryl methyl sites for hydroxylation is 2. The average molecular weight is 490 g/mol. The number of hydrogen-bond acceptors (Lipinski definition) is 5. The first-order valence-electron chi connectivity index (χ1n) is 10.9. The molecule has 0 spiro atoms. The quantitative estimate of drug-likeness (QED) is 0.480. The van der Waals surface area contributed by atoms with Gasteiger partial charge in [-0.05, 0) is 36.4 Å². The first kappa shape index (κ1) is 25.3. The molecule has 3 aromatic rings. The van der Waals surface area contributed by atoms with Crippen molar-refractivity contribution in [3.8, 4) is 0 Å². The average Bonchev–Trinajstić information content (AvgIpc) is 3.14. The molecule has 0 aliphatic rings. The van der Waals surface area contributed by atoms with E-state index in [0.29, 0.717) is 36.5 Å². The van der Waals surface area contributed by atoms with E-state index < -0.39 is 21.7 Å². The lowest BCUT2D eigenvalue weighted by atomic mass is 10.1. The van der Waals surface area contributed by atoms with Crippen LogP contribution in [0.15, 0.2) is 41.3 Å². The Kier molecular flexibility index (Phi) is 7.68. The third-order valence-corrected chi connectivity index (χ3v) is 7.63. The fourth-order valence-corrected chi connectivity index (χ4v) is 5.17. The summed E-state index contributed by atoms with van der Waals surface area (Å²) in [6.07, 6.45) is 0.396. The topological polar surface area (TPSA) is 113 Å². The standard InChI is InChI=1S/C23H28FN5O4S/c1-5-29(6-2)34(32,33)16-8-10-20-19(14-16)27-21(28(20)4)11-12-22(30)26-15-7-9-18(24)17(13-15)23(31)25-3/h7-10,13-14H,5-6,11-12H2,1-4H3,(H,25,31)(H,26,30). The van der Waals surface area contributed by atoms with Crippen LogP contribution in [0.25, 0.3) is 11.0 Å². The number of rotatable bonds is 9. The van der Waals surface area contributed by atoms with Gasteiger partial charge >= 0.3 is 0 Å². The van der Waals surface area contributed by atoms with Gasteiger partial charge in [0.1, 0.15) is 11.6 Å². The minimum Gasteiger partial charge on any atom is -0.355 e. The van der Waals surface area contributed by atoms with Crippen molar-refractivity contribution in [1.29, 1.82) is 0 Å². The Morgan fingerprint density at radius 1 is 1.12 bits per heavy atom. The second-order valence-corrected chi connectivity index (χ2v) is 9.59. The summed E-state index contributed by atoms with van der Waals surface area (Å²) in [5.41, 5.74) is 1.43. The molecule has 0 saturated carbocycles. The largest absolute Gasteiger partial charge is 0.355 e. The Morgan fingerprint density at radius 2 is 1.82 bits per heavy atom. The highest BCUT2D eigenvalue weighted by atomic mass is 32.2. The van der Waals surface area contributed by atoms with Gasteiger partial charge in [0, 0.05) is 45.7 Å². The summed E-state index contributed by atoms with van der Waals surface area (Å²) in [6.45, 7) is 4.32. The number of halogens is 1. The molecule has 2 amide bonds. The summed E-state index contributed by atoms with van der Waals surface area (Å²) in [5.74, 6) is -0.978. The maximum absolute atomic E-state index is 13.8. The minimum absolute atomic E-state index is 0.0917. The number of carbonyl (C=O) groups is 2. The van der Waals surface area contributed by atoms with Crippen LogP contribution >= 0.6 is 0 Å². The van der Waals surface area contributed by atoms with Gasteiger partial charge in [-0.25, -0.2) is 17.8 Å². The van der Waals surface area contributed by atoms with Gasteiger partial charge in [0.15, 0.2) is 0 Å². The first-order chi connectivity index (χ1) is 16.1. The molecule has 0 aliphatic carbocycles. The summed E-state index contributed by atoms with van der Waals surface area (Å²) < 4.78 is 42.7. The summed E-state index contributed by atoms with van der Waals surface area (Å²) >= 11 is 0. The third kappa shape index (κ3) is 5.10. The van der Waals surface area contributed by atoms with Crippen LogP contribution < -0.4 is 10.6 Å². The monoisotopic (exact) mass is 489 g/mol. The number of carbonyl (C=O) groups excluding carboxylic acids is 2. The Hall–Kier alpha value is -3.31. The molecule has 2 N–H and O–H groups in total. The van der Waals surface area contributed by atoms with E-state index in [1.165, 1.54) is 23.5 Å². The number of benzene rings is 2. The Morgan fingerprint density at radius 3 is 2.47 bits per heavy atom. The van der Waals surface area contributed by atoms with Gasteiger partial charge in [0.25, 0.3) is 5.91 Å². The van der Waals surface area contributed by atoms with E-state index in [-0.39, 0.29) is 22.8 Å². The third-order valence-electron chi connectivity index (χ3n) is 5.59. The number of fused-ring (bicyclic) bond motifs is 1. The number of aromatic nitrogens is 2. The number of nitrogens with zero attached hydrogens (tertiary/aromatic N) is 3. The van der Waals surface area contributed by atoms with Gasteiger partial charge in [0.2, 0.25) is 15.9 Å². The SMILES string of the molecule is CCN(CC)S(=O)(=O)c1ccc2c(c1)nc(CCC(=O)Nc1ccc(F)c(C(=O)NC)c1)n2C. The van der Waals surface area contributed by atoms with Crippen LogP contribution in [0.5, 0.6) is 0 Å². The molecule has 0 atom stereocenters. The summed E-state index contributed by atoms with van der Waals surface area (Å²) in [7, 11) is -0.410. The molecule has 0 aliphatic heterocycles. The lowest BCUT2D eigenvalue weighted by molar-refractivity contribution is -0.116. The zero-order valence-electron chi connectivity index (χ0n) is 19.6. The summed E-state index contributed by atoms with van der Waals surface area (Å²) in [6, 6.07) is 8.60. The summed E-state index contributed by atoms with van der Waals surface area (Å²) in [5, 5.41) is 5.01. The Bertz CT molecular complexity index is 1330. The first-order valence-corrected chi connectivity index (χ1v) is 12.3. The second-order valence-electron chi connectivity index (χ2n) is 7.65. The lowest BCUT2D eigenvalue weighted by Gasteiger charge is -2.18. The van der Waals surface area contributed by atoms with Gasteiger partial charge in [-0.15, -0.1) is 0 Å². The van der Waals surface area contributed by atoms with E-state index in [1.54, 1.807) is 39.1 Å². The molecule has 0 fully saturated rings. The van der Waals surface area contributed by atoms with E-state index in [2.05, 4.69) is 15.6 Å². The van der Waals surface area contributed by atoms with Gasteiger partial charge in [0.05, 0.1) is 21.5 Å². The van der Waals surface area contributed by atoms with Crippen LogP contribution in [0.1, 0.15) is 36.5 Å². The van der Waals surface area contributed by atoms with Gasteiger partial charge < -0.3 is 15.2 Å². The molecule has 182 valence electrons. The van der Waals surface area contributed by atoms with Crippen LogP contribution in [-0.2, 0) is 28.3 Å². The highest BCUT2D eigenvalue weighted by molar-refractivity contribution is 7.89. The van der Waals surface area contributed by atoms with Crippen LogP contribution in [0, 0.1) is 5.82 Å². The molecule has 0 saturated heterocycles. The highest BCUT2D eigenvalue weighted by Gasteiger charge is 2.23. The number of hydrogen-bond donors (Lipinski definition) is 2. The lowest BCUT2D eigenvalue weighted by Crippen LogP contribution is -2.30. The molecule has 11 heteroatoms. The molecule has 34 heavy (non-hydrogen) atoms. The van der Waals surface area contributed by atoms with Crippen LogP contribution in [0.4, 0.5) is 10.1 Å². The number of anilines is 1. The number of amides is 2. The molecular formula is C23H28FN5O4S. The summed E-state index contributed by atoms with van der Waals surface area (Å²) in [4.78, 5) is 28.9. The van der Waals surface area contributed by atoms with Crippen LogP contribution in [0.3, 0.4) is 0 Å². The highest BCUT2D eigenvalue weighted by Crippen LogP contribution is 2.23. The van der Waals surface area contributed by atoms with Crippen molar-refractivity contribution < 1.29 is 22.4 Å². The van der Waals surface area contributed by atoms with E-state index >= 15 is 0 Å². The van der Waals surface area contributed by atoms with Gasteiger partial charge in [-0.2, -0.15) is 4.31 Å². The van der Waals surface area contributed by atoms with E-state index in [0.717, 1.165) is 11.6 Å². The molecule has 1 heterocycles. The minimum atomic E-state index is -3.61. The number of imidazole rings is 1. The van der Waals surface area contributed by atoms with Crippen molar-refractivity contribution in [2.24, 2.45) is 7.05 Å². The normalized spacial score (nSPS) is 11.7. The molecule has 1 aromatic heterocycles. The fourth-order valence-electron chi connectivity index (χ4n) is 3.69. The molecule has 3 rings (SSSR count). The molecule has 0 radical (unpaired) electrons. The van der Waals surface area contributed by atoms with E-state index in [9.17, 15) is 22.4 Å². The van der Waals surface area contributed by atoms with Crippen LogP contribution in [-0.4, -0.2) is 54.2 Å². The zero-order valence-corrected chi connectivity index (χ0v) is 20.4. The molecule has 9 nitrogen and oxygen atoms in total. The zero-order chi connectivity index (χ0) is 25.0. The molecule has 0 bridgehead atoms. The molecule has 0 unspecified atom stereocenters. The number of sulfonamides is 1. The van der Waals surface area contributed by atoms with Crippen molar-refractivity contribution in [3.05, 3.63) is 53.6 Å². The van der Waals surface area contributed by atoms with Crippen molar-refractivity contribution >= 4 is 38.6 Å². The van der Waals surface area contributed by atoms with Gasteiger partial charge in [-0.1, -0.05) is 13.8 Å². The molecular weight excluding hydrogens is 461 g/mol.